The Labute approximate surface area is 170 Å². The predicted molar refractivity (Wildman–Crippen MR) is 114 cm³/mol. The minimum absolute atomic E-state index is 0.0901. The van der Waals surface area contributed by atoms with Gasteiger partial charge in [-0.05, 0) is 48.6 Å². The number of hydrogen-bond acceptors (Lipinski definition) is 5. The molecule has 0 bridgehead atoms. The highest BCUT2D eigenvalue weighted by molar-refractivity contribution is 8.00. The molecule has 5 rings (SSSR count). The second-order valence-electron chi connectivity index (χ2n) is 7.66. The van der Waals surface area contributed by atoms with Crippen molar-refractivity contribution in [3.63, 3.8) is 0 Å². The van der Waals surface area contributed by atoms with E-state index in [1.807, 2.05) is 11.0 Å². The summed E-state index contributed by atoms with van der Waals surface area (Å²) in [5, 5.41) is 4.48. The molecule has 1 aliphatic carbocycles. The molecule has 0 spiro atoms. The van der Waals surface area contributed by atoms with Crippen LogP contribution >= 0.6 is 11.8 Å². The van der Waals surface area contributed by atoms with Gasteiger partial charge >= 0.3 is 0 Å². The van der Waals surface area contributed by atoms with Crippen LogP contribution in [0.3, 0.4) is 0 Å². The highest BCUT2D eigenvalue weighted by atomic mass is 32.2. The Kier molecular flexibility index (Phi) is 4.82. The second-order valence-corrected chi connectivity index (χ2v) is 8.81. The summed E-state index contributed by atoms with van der Waals surface area (Å²) in [6, 6.07) is 17.6. The third-order valence-electron chi connectivity index (χ3n) is 5.96. The second kappa shape index (κ2) is 7.60. The van der Waals surface area contributed by atoms with Crippen LogP contribution in [-0.4, -0.2) is 20.3 Å². The molecule has 2 N–H and O–H groups in total. The number of anilines is 2. The zero-order chi connectivity index (χ0) is 18.9. The molecule has 2 heterocycles. The van der Waals surface area contributed by atoms with Crippen molar-refractivity contribution in [3.8, 4) is 0 Å². The molecule has 1 saturated carbocycles. The number of rotatable bonds is 4. The zero-order valence-corrected chi connectivity index (χ0v) is 16.6. The standard InChI is InChI=1S/C22H25N5S/c23-22-27(19-8-4-5-9-20(19)28-22)18-12-10-17(11-13-18)21(26-15-24-14-25-26)16-6-2-1-3-7-16/h4-5,8-16,21-22H,1-3,6-7,23H2. The SMILES string of the molecule is NC1Sc2ccccc2N1c1ccc(C(C2CCCCC2)n2cncn2)cc1. The van der Waals surface area contributed by atoms with E-state index in [9.17, 15) is 0 Å². The fraction of sp³-hybridized carbons (Fsp3) is 0.364. The number of nitrogens with zero attached hydrogens (tertiary/aromatic N) is 4. The van der Waals surface area contributed by atoms with Crippen LogP contribution in [0.25, 0.3) is 0 Å². The molecule has 6 heteroatoms. The van der Waals surface area contributed by atoms with Gasteiger partial charge in [0, 0.05) is 10.6 Å². The monoisotopic (exact) mass is 391 g/mol. The van der Waals surface area contributed by atoms with Gasteiger partial charge in [0.25, 0.3) is 0 Å². The summed E-state index contributed by atoms with van der Waals surface area (Å²) in [7, 11) is 0. The van der Waals surface area contributed by atoms with Crippen LogP contribution in [0.15, 0.2) is 66.1 Å². The van der Waals surface area contributed by atoms with Gasteiger partial charge in [0.2, 0.25) is 0 Å². The van der Waals surface area contributed by atoms with Crippen LogP contribution in [0.5, 0.6) is 0 Å². The van der Waals surface area contributed by atoms with E-state index in [0.29, 0.717) is 5.92 Å². The normalized spacial score (nSPS) is 20.9. The molecule has 1 aliphatic heterocycles. The van der Waals surface area contributed by atoms with E-state index in [4.69, 9.17) is 5.73 Å². The molecular weight excluding hydrogens is 366 g/mol. The van der Waals surface area contributed by atoms with E-state index in [1.54, 1.807) is 18.1 Å². The summed E-state index contributed by atoms with van der Waals surface area (Å²) in [5.74, 6) is 0.617. The number of aromatic nitrogens is 3. The molecule has 2 atom stereocenters. The summed E-state index contributed by atoms with van der Waals surface area (Å²) in [4.78, 5) is 7.66. The van der Waals surface area contributed by atoms with Crippen molar-refractivity contribution in [2.45, 2.75) is 48.5 Å². The van der Waals surface area contributed by atoms with E-state index in [0.717, 1.165) is 5.69 Å². The maximum Gasteiger partial charge on any atom is 0.137 e. The van der Waals surface area contributed by atoms with Crippen molar-refractivity contribution < 1.29 is 0 Å². The lowest BCUT2D eigenvalue weighted by Crippen LogP contribution is -2.32. The Hall–Kier alpha value is -2.31. The molecule has 2 aromatic carbocycles. The van der Waals surface area contributed by atoms with Crippen LogP contribution in [0.2, 0.25) is 0 Å². The van der Waals surface area contributed by atoms with Gasteiger partial charge in [-0.25, -0.2) is 9.67 Å². The van der Waals surface area contributed by atoms with Crippen LogP contribution in [-0.2, 0) is 0 Å². The van der Waals surface area contributed by atoms with Gasteiger partial charge < -0.3 is 10.6 Å². The Morgan fingerprint density at radius 1 is 1.00 bits per heavy atom. The van der Waals surface area contributed by atoms with Gasteiger partial charge in [-0.1, -0.05) is 55.3 Å². The van der Waals surface area contributed by atoms with Crippen LogP contribution in [0, 0.1) is 5.92 Å². The Balaban J connectivity index is 1.46. The number of para-hydroxylation sites is 1. The molecular formula is C22H25N5S. The molecule has 2 aliphatic rings. The minimum atomic E-state index is -0.0901. The molecule has 0 radical (unpaired) electrons. The van der Waals surface area contributed by atoms with E-state index < -0.39 is 0 Å². The highest BCUT2D eigenvalue weighted by Crippen LogP contribution is 2.45. The lowest BCUT2D eigenvalue weighted by atomic mass is 9.81. The molecule has 144 valence electrons. The summed E-state index contributed by atoms with van der Waals surface area (Å²) in [6.07, 6.45) is 9.98. The third kappa shape index (κ3) is 3.20. The van der Waals surface area contributed by atoms with Gasteiger partial charge in [-0.3, -0.25) is 0 Å². The maximum atomic E-state index is 6.42. The van der Waals surface area contributed by atoms with Gasteiger partial charge in [0.1, 0.15) is 18.2 Å². The van der Waals surface area contributed by atoms with Gasteiger partial charge in [0.05, 0.1) is 11.7 Å². The van der Waals surface area contributed by atoms with E-state index in [1.165, 1.54) is 48.3 Å². The molecule has 1 fully saturated rings. The van der Waals surface area contributed by atoms with E-state index in [-0.39, 0.29) is 11.5 Å². The van der Waals surface area contributed by atoms with Crippen LogP contribution < -0.4 is 10.6 Å². The topological polar surface area (TPSA) is 60.0 Å². The first kappa shape index (κ1) is 17.8. The minimum Gasteiger partial charge on any atom is -0.315 e. The molecule has 1 aromatic heterocycles. The van der Waals surface area contributed by atoms with Crippen molar-refractivity contribution in [3.05, 3.63) is 66.7 Å². The molecule has 5 nitrogen and oxygen atoms in total. The molecule has 3 aromatic rings. The van der Waals surface area contributed by atoms with E-state index in [2.05, 4.69) is 63.5 Å². The van der Waals surface area contributed by atoms with Crippen molar-refractivity contribution in [2.24, 2.45) is 11.7 Å². The third-order valence-corrected chi connectivity index (χ3v) is 7.01. The van der Waals surface area contributed by atoms with Crippen molar-refractivity contribution in [2.75, 3.05) is 4.90 Å². The first-order chi connectivity index (χ1) is 13.8. The van der Waals surface area contributed by atoms with Gasteiger partial charge in [-0.15, -0.1) is 0 Å². The fourth-order valence-corrected chi connectivity index (χ4v) is 5.69. The summed E-state index contributed by atoms with van der Waals surface area (Å²) >= 11 is 1.71. The molecule has 28 heavy (non-hydrogen) atoms. The smallest absolute Gasteiger partial charge is 0.137 e. The lowest BCUT2D eigenvalue weighted by Gasteiger charge is -2.31. The van der Waals surface area contributed by atoms with Crippen LogP contribution in [0.4, 0.5) is 11.4 Å². The molecule has 0 amide bonds. The van der Waals surface area contributed by atoms with Crippen LogP contribution in [0.1, 0.15) is 43.7 Å². The van der Waals surface area contributed by atoms with E-state index >= 15 is 0 Å². The average molecular weight is 392 g/mol. The van der Waals surface area contributed by atoms with Gasteiger partial charge in [-0.2, -0.15) is 5.10 Å². The Morgan fingerprint density at radius 3 is 2.54 bits per heavy atom. The number of benzene rings is 2. The first-order valence-corrected chi connectivity index (χ1v) is 10.9. The highest BCUT2D eigenvalue weighted by Gasteiger charge is 2.30. The first-order valence-electron chi connectivity index (χ1n) is 10.1. The predicted octanol–water partition coefficient (Wildman–Crippen LogP) is 4.93. The zero-order valence-electron chi connectivity index (χ0n) is 15.8. The quantitative estimate of drug-likeness (QED) is 0.683. The van der Waals surface area contributed by atoms with Crippen molar-refractivity contribution >= 4 is 23.1 Å². The largest absolute Gasteiger partial charge is 0.315 e. The fourth-order valence-electron chi connectivity index (χ4n) is 4.65. The van der Waals surface area contributed by atoms with Crippen molar-refractivity contribution in [1.82, 2.24) is 14.8 Å². The number of thioether (sulfide) groups is 1. The number of nitrogens with two attached hydrogens (primary N) is 1. The summed E-state index contributed by atoms with van der Waals surface area (Å²) in [5.41, 5.74) is 9.95. The summed E-state index contributed by atoms with van der Waals surface area (Å²) in [6.45, 7) is 0. The number of fused-ring (bicyclic) bond motifs is 1. The van der Waals surface area contributed by atoms with Gasteiger partial charge in [0.15, 0.2) is 0 Å². The molecule has 0 saturated heterocycles. The lowest BCUT2D eigenvalue weighted by molar-refractivity contribution is 0.266. The summed E-state index contributed by atoms with van der Waals surface area (Å²) < 4.78 is 2.04. The maximum absolute atomic E-state index is 6.42. The van der Waals surface area contributed by atoms with Crippen molar-refractivity contribution in [1.29, 1.82) is 0 Å². The Bertz CT molecular complexity index is 918. The average Bonchev–Trinajstić information content (AvgIpc) is 3.37. The molecule has 2 unspecified atom stereocenters. The Morgan fingerprint density at radius 2 is 1.79 bits per heavy atom. The number of hydrogen-bond donors (Lipinski definition) is 1.